The Labute approximate surface area is 105 Å². The fourth-order valence-corrected chi connectivity index (χ4v) is 1.94. The average molecular weight is 256 g/mol. The first kappa shape index (κ1) is 13.8. The largest absolute Gasteiger partial charge is 0.377 e. The molecule has 17 heavy (non-hydrogen) atoms. The summed E-state index contributed by atoms with van der Waals surface area (Å²) in [7, 11) is 3.88. The van der Waals surface area contributed by atoms with E-state index in [1.807, 2.05) is 45.8 Å². The molecule has 0 radical (unpaired) electrons. The van der Waals surface area contributed by atoms with Gasteiger partial charge in [-0.05, 0) is 13.0 Å². The van der Waals surface area contributed by atoms with Gasteiger partial charge in [-0.2, -0.15) is 9.19 Å². The Kier molecular flexibility index (Phi) is 4.74. The summed E-state index contributed by atoms with van der Waals surface area (Å²) < 4.78 is 13.8. The molecule has 0 saturated carbocycles. The van der Waals surface area contributed by atoms with E-state index in [0.29, 0.717) is 5.65 Å². The zero-order valence-electron chi connectivity index (χ0n) is 10.7. The summed E-state index contributed by atoms with van der Waals surface area (Å²) >= 11 is 0.0641. The monoisotopic (exact) mass is 256 g/mol. The highest BCUT2D eigenvalue weighted by atomic mass is 32.2. The molecule has 0 aliphatic rings. The molecule has 0 aliphatic heterocycles. The van der Waals surface area contributed by atoms with Crippen LogP contribution in [0, 0.1) is 6.92 Å². The lowest BCUT2D eigenvalue weighted by molar-refractivity contribution is 0.877. The van der Waals surface area contributed by atoms with Crippen LogP contribution in [0.4, 0.5) is 9.57 Å². The summed E-state index contributed by atoms with van der Waals surface area (Å²) in [5, 5.41) is 4.96. The van der Waals surface area contributed by atoms with E-state index in [-0.39, 0.29) is 12.3 Å². The molecule has 0 fully saturated rings. The number of hydrogen-bond donors (Lipinski definition) is 0. The van der Waals surface area contributed by atoms with Crippen molar-refractivity contribution in [2.24, 2.45) is 0 Å². The van der Waals surface area contributed by atoms with Crippen molar-refractivity contribution in [3.05, 3.63) is 18.0 Å². The van der Waals surface area contributed by atoms with Crippen LogP contribution in [0.2, 0.25) is 0 Å². The molecule has 0 aliphatic carbocycles. The van der Waals surface area contributed by atoms with Crippen LogP contribution in [0.1, 0.15) is 19.5 Å². The highest BCUT2D eigenvalue weighted by Crippen LogP contribution is 2.28. The highest BCUT2D eigenvalue weighted by molar-refractivity contribution is 7.92. The summed E-state index contributed by atoms with van der Waals surface area (Å²) in [4.78, 5) is 6.09. The maximum absolute atomic E-state index is 12.6. The predicted octanol–water partition coefficient (Wildman–Crippen LogP) is 3.21. The summed E-state index contributed by atoms with van der Waals surface area (Å²) in [5.41, 5.74) is 2.34. The normalized spacial score (nSPS) is 10.0. The standard InChI is InChI=1S/C9H11FN4S.C2H6/c1-6-8-7(13(2)3)4-5-11-9(8)14(12-6)15-10;1-2/h4-5H,1-3H3;1-2H3. The third-order valence-electron chi connectivity index (χ3n) is 2.24. The van der Waals surface area contributed by atoms with E-state index in [0.717, 1.165) is 16.8 Å². The van der Waals surface area contributed by atoms with Gasteiger partial charge in [-0.25, -0.2) is 4.98 Å². The van der Waals surface area contributed by atoms with Gasteiger partial charge in [0.15, 0.2) is 18.0 Å². The number of anilines is 1. The number of halogens is 1. The first-order valence-electron chi connectivity index (χ1n) is 5.46. The van der Waals surface area contributed by atoms with Crippen LogP contribution in [0.3, 0.4) is 0 Å². The van der Waals surface area contributed by atoms with E-state index in [4.69, 9.17) is 0 Å². The van der Waals surface area contributed by atoms with E-state index >= 15 is 0 Å². The Balaban J connectivity index is 0.000000686. The number of aromatic nitrogens is 3. The van der Waals surface area contributed by atoms with Gasteiger partial charge >= 0.3 is 0 Å². The van der Waals surface area contributed by atoms with Crippen LogP contribution in [0.5, 0.6) is 0 Å². The minimum Gasteiger partial charge on any atom is -0.377 e. The summed E-state index contributed by atoms with van der Waals surface area (Å²) in [6.07, 6.45) is 1.66. The zero-order chi connectivity index (χ0) is 13.0. The molecule has 0 spiro atoms. The van der Waals surface area contributed by atoms with Gasteiger partial charge in [0.25, 0.3) is 0 Å². The van der Waals surface area contributed by atoms with Gasteiger partial charge in [-0.3, -0.25) is 0 Å². The molecule has 6 heteroatoms. The molecule has 0 unspecified atom stereocenters. The average Bonchev–Trinajstić information content (AvgIpc) is 2.69. The molecule has 0 amide bonds. The van der Waals surface area contributed by atoms with Gasteiger partial charge in [0.1, 0.15) is 0 Å². The number of rotatable bonds is 2. The Morgan fingerprint density at radius 3 is 2.53 bits per heavy atom. The Morgan fingerprint density at radius 2 is 2.00 bits per heavy atom. The third-order valence-corrected chi connectivity index (χ3v) is 2.63. The molecule has 2 rings (SSSR count). The van der Waals surface area contributed by atoms with E-state index in [1.54, 1.807) is 6.20 Å². The second-order valence-corrected chi connectivity index (χ2v) is 3.93. The minimum absolute atomic E-state index is 0.0641. The van der Waals surface area contributed by atoms with Crippen molar-refractivity contribution in [3.8, 4) is 0 Å². The van der Waals surface area contributed by atoms with Gasteiger partial charge in [-0.1, -0.05) is 13.8 Å². The van der Waals surface area contributed by atoms with Crippen LogP contribution in [0.15, 0.2) is 12.3 Å². The molecule has 0 atom stereocenters. The van der Waals surface area contributed by atoms with E-state index < -0.39 is 0 Å². The lowest BCUT2D eigenvalue weighted by atomic mass is 10.2. The summed E-state index contributed by atoms with van der Waals surface area (Å²) in [6, 6.07) is 1.89. The number of hydrogen-bond acceptors (Lipinski definition) is 4. The molecule has 2 aromatic heterocycles. The van der Waals surface area contributed by atoms with Crippen molar-refractivity contribution in [1.29, 1.82) is 0 Å². The summed E-state index contributed by atoms with van der Waals surface area (Å²) in [6.45, 7) is 5.85. The third kappa shape index (κ3) is 2.52. The topological polar surface area (TPSA) is 34.0 Å². The molecule has 0 bridgehead atoms. The van der Waals surface area contributed by atoms with Crippen molar-refractivity contribution in [3.63, 3.8) is 0 Å². The number of pyridine rings is 1. The fourth-order valence-electron chi connectivity index (χ4n) is 1.59. The van der Waals surface area contributed by atoms with Crippen molar-refractivity contribution in [2.75, 3.05) is 19.0 Å². The van der Waals surface area contributed by atoms with Crippen LogP contribution in [-0.4, -0.2) is 28.3 Å². The van der Waals surface area contributed by atoms with Crippen LogP contribution >= 0.6 is 12.3 Å². The van der Waals surface area contributed by atoms with Gasteiger partial charge in [0.2, 0.25) is 0 Å². The predicted molar refractivity (Wildman–Crippen MR) is 72.0 cm³/mol. The molecule has 0 N–H and O–H groups in total. The zero-order valence-corrected chi connectivity index (χ0v) is 11.5. The lowest BCUT2D eigenvalue weighted by Crippen LogP contribution is -2.09. The number of nitrogens with zero attached hydrogens (tertiary/aromatic N) is 4. The van der Waals surface area contributed by atoms with Crippen molar-refractivity contribution in [2.45, 2.75) is 20.8 Å². The molecular formula is C11H17FN4S. The van der Waals surface area contributed by atoms with Gasteiger partial charge in [0, 0.05) is 20.3 Å². The van der Waals surface area contributed by atoms with Crippen molar-refractivity contribution >= 4 is 29.1 Å². The van der Waals surface area contributed by atoms with Gasteiger partial charge < -0.3 is 4.90 Å². The van der Waals surface area contributed by atoms with Crippen LogP contribution in [-0.2, 0) is 0 Å². The van der Waals surface area contributed by atoms with Crippen molar-refractivity contribution in [1.82, 2.24) is 14.2 Å². The van der Waals surface area contributed by atoms with Crippen LogP contribution < -0.4 is 4.90 Å². The van der Waals surface area contributed by atoms with E-state index in [2.05, 4.69) is 10.1 Å². The smallest absolute Gasteiger partial charge is 0.189 e. The lowest BCUT2D eigenvalue weighted by Gasteiger charge is -2.13. The summed E-state index contributed by atoms with van der Waals surface area (Å²) in [5.74, 6) is 0. The Morgan fingerprint density at radius 1 is 1.35 bits per heavy atom. The molecule has 0 aromatic carbocycles. The maximum atomic E-state index is 12.6. The van der Waals surface area contributed by atoms with E-state index in [9.17, 15) is 3.89 Å². The Bertz CT molecular complexity index is 495. The SMILES string of the molecule is CC.Cc1nn(SF)c2nccc(N(C)C)c12. The fraction of sp³-hybridized carbons (Fsp3) is 0.455. The second kappa shape index (κ2) is 5.86. The minimum atomic E-state index is 0.0641. The van der Waals surface area contributed by atoms with Crippen molar-refractivity contribution < 1.29 is 3.89 Å². The quantitative estimate of drug-likeness (QED) is 0.826. The molecule has 2 heterocycles. The highest BCUT2D eigenvalue weighted by Gasteiger charge is 2.13. The molecule has 94 valence electrons. The number of fused-ring (bicyclic) bond motifs is 1. The van der Waals surface area contributed by atoms with Gasteiger partial charge in [-0.15, -0.1) is 3.89 Å². The molecule has 4 nitrogen and oxygen atoms in total. The first-order valence-corrected chi connectivity index (χ1v) is 6.13. The first-order chi connectivity index (χ1) is 8.15. The Hall–Kier alpha value is -1.30. The maximum Gasteiger partial charge on any atom is 0.189 e. The van der Waals surface area contributed by atoms with E-state index in [1.165, 1.54) is 4.09 Å². The second-order valence-electron chi connectivity index (χ2n) is 3.45. The molecular weight excluding hydrogens is 239 g/mol. The van der Waals surface area contributed by atoms with Crippen LogP contribution in [0.25, 0.3) is 11.0 Å². The molecule has 0 saturated heterocycles. The number of aryl methyl sites for hydroxylation is 1. The molecule has 2 aromatic rings. The van der Waals surface area contributed by atoms with Gasteiger partial charge in [0.05, 0.1) is 16.8 Å².